The normalized spacial score (nSPS) is 10.1. The van der Waals surface area contributed by atoms with Crippen LogP contribution in [0.4, 0.5) is 0 Å². The summed E-state index contributed by atoms with van der Waals surface area (Å²) in [4.78, 5) is 10.7. The zero-order valence-electron chi connectivity index (χ0n) is 10.9. The molecule has 1 aromatic carbocycles. The molecule has 0 aliphatic rings. The van der Waals surface area contributed by atoms with Crippen LogP contribution in [0.25, 0.3) is 0 Å². The highest BCUT2D eigenvalue weighted by atomic mass is 16.5. The first-order valence-electron chi connectivity index (χ1n) is 5.96. The SMILES string of the molecule is CCNCc1cccc(OC)c1OCCC(N)=O. The predicted molar refractivity (Wildman–Crippen MR) is 69.7 cm³/mol. The smallest absolute Gasteiger partial charge is 0.220 e. The van der Waals surface area contributed by atoms with E-state index in [0.717, 1.165) is 12.1 Å². The molecular weight excluding hydrogens is 232 g/mol. The molecule has 0 saturated heterocycles. The van der Waals surface area contributed by atoms with Crippen molar-refractivity contribution in [2.24, 2.45) is 5.73 Å². The van der Waals surface area contributed by atoms with E-state index in [-0.39, 0.29) is 18.9 Å². The highest BCUT2D eigenvalue weighted by molar-refractivity contribution is 5.73. The van der Waals surface area contributed by atoms with Gasteiger partial charge in [-0.2, -0.15) is 0 Å². The number of carbonyl (C=O) groups is 1. The summed E-state index contributed by atoms with van der Waals surface area (Å²) >= 11 is 0. The Balaban J connectivity index is 2.78. The Labute approximate surface area is 107 Å². The van der Waals surface area contributed by atoms with Crippen molar-refractivity contribution in [3.8, 4) is 11.5 Å². The molecule has 0 saturated carbocycles. The van der Waals surface area contributed by atoms with Gasteiger partial charge in [0.1, 0.15) is 0 Å². The van der Waals surface area contributed by atoms with Gasteiger partial charge in [-0.1, -0.05) is 19.1 Å². The Morgan fingerprint density at radius 3 is 2.83 bits per heavy atom. The summed E-state index contributed by atoms with van der Waals surface area (Å²) in [5, 5.41) is 3.23. The molecule has 1 amide bonds. The standard InChI is InChI=1S/C13H20N2O3/c1-3-15-9-10-5-4-6-11(17-2)13(10)18-8-7-12(14)16/h4-6,15H,3,7-9H2,1-2H3,(H2,14,16). The first-order valence-corrected chi connectivity index (χ1v) is 5.96. The van der Waals surface area contributed by atoms with Crippen LogP contribution in [0, 0.1) is 0 Å². The second-order valence-electron chi connectivity index (χ2n) is 3.79. The number of ether oxygens (including phenoxy) is 2. The molecule has 0 unspecified atom stereocenters. The molecule has 1 rings (SSSR count). The Kier molecular flexibility index (Phi) is 6.00. The van der Waals surface area contributed by atoms with E-state index in [4.69, 9.17) is 15.2 Å². The van der Waals surface area contributed by atoms with E-state index in [1.165, 1.54) is 0 Å². The van der Waals surface area contributed by atoms with Gasteiger partial charge in [-0.25, -0.2) is 0 Å². The van der Waals surface area contributed by atoms with Crippen molar-refractivity contribution in [2.75, 3.05) is 20.3 Å². The van der Waals surface area contributed by atoms with Gasteiger partial charge in [0.2, 0.25) is 5.91 Å². The largest absolute Gasteiger partial charge is 0.493 e. The molecule has 18 heavy (non-hydrogen) atoms. The van der Waals surface area contributed by atoms with Crippen LogP contribution < -0.4 is 20.5 Å². The number of amides is 1. The number of nitrogens with two attached hydrogens (primary N) is 1. The maximum Gasteiger partial charge on any atom is 0.220 e. The maximum absolute atomic E-state index is 10.7. The van der Waals surface area contributed by atoms with Crippen molar-refractivity contribution in [3.05, 3.63) is 23.8 Å². The lowest BCUT2D eigenvalue weighted by Gasteiger charge is -2.14. The number of para-hydroxylation sites is 1. The highest BCUT2D eigenvalue weighted by Gasteiger charge is 2.10. The molecule has 1 aromatic rings. The molecule has 0 aliphatic heterocycles. The summed E-state index contributed by atoms with van der Waals surface area (Å²) in [7, 11) is 1.59. The van der Waals surface area contributed by atoms with Crippen molar-refractivity contribution >= 4 is 5.91 Å². The summed E-state index contributed by atoms with van der Waals surface area (Å²) in [6.45, 7) is 3.86. The van der Waals surface area contributed by atoms with Crippen LogP contribution >= 0.6 is 0 Å². The zero-order chi connectivity index (χ0) is 13.4. The molecule has 0 fully saturated rings. The Morgan fingerprint density at radius 2 is 2.22 bits per heavy atom. The minimum absolute atomic E-state index is 0.193. The van der Waals surface area contributed by atoms with Crippen LogP contribution in [-0.2, 0) is 11.3 Å². The number of hydrogen-bond acceptors (Lipinski definition) is 4. The molecule has 0 aromatic heterocycles. The van der Waals surface area contributed by atoms with Crippen molar-refractivity contribution in [1.82, 2.24) is 5.32 Å². The topological polar surface area (TPSA) is 73.6 Å². The van der Waals surface area contributed by atoms with Crippen molar-refractivity contribution in [2.45, 2.75) is 19.9 Å². The molecular formula is C13H20N2O3. The van der Waals surface area contributed by atoms with Crippen LogP contribution in [-0.4, -0.2) is 26.2 Å². The Hall–Kier alpha value is -1.75. The molecule has 0 heterocycles. The van der Waals surface area contributed by atoms with E-state index in [1.54, 1.807) is 7.11 Å². The lowest BCUT2D eigenvalue weighted by molar-refractivity contribution is -0.118. The third-order valence-electron chi connectivity index (χ3n) is 2.44. The number of nitrogens with one attached hydrogen (secondary N) is 1. The molecule has 5 heteroatoms. The Bertz CT molecular complexity index is 394. The fourth-order valence-corrected chi connectivity index (χ4v) is 1.54. The summed E-state index contributed by atoms with van der Waals surface area (Å²) < 4.78 is 10.9. The third-order valence-corrected chi connectivity index (χ3v) is 2.44. The first-order chi connectivity index (χ1) is 8.69. The first kappa shape index (κ1) is 14.3. The number of primary amides is 1. The van der Waals surface area contributed by atoms with E-state index in [9.17, 15) is 4.79 Å². The third kappa shape index (κ3) is 4.25. The maximum atomic E-state index is 10.7. The minimum atomic E-state index is -0.377. The van der Waals surface area contributed by atoms with Crippen molar-refractivity contribution in [3.63, 3.8) is 0 Å². The van der Waals surface area contributed by atoms with Gasteiger partial charge in [-0.05, 0) is 12.6 Å². The van der Waals surface area contributed by atoms with Gasteiger partial charge in [-0.3, -0.25) is 4.79 Å². The molecule has 0 radical (unpaired) electrons. The summed E-state index contributed by atoms with van der Waals surface area (Å²) in [6, 6.07) is 5.70. The molecule has 0 bridgehead atoms. The zero-order valence-corrected chi connectivity index (χ0v) is 10.9. The van der Waals surface area contributed by atoms with Gasteiger partial charge in [0, 0.05) is 12.1 Å². The van der Waals surface area contributed by atoms with E-state index in [2.05, 4.69) is 5.32 Å². The van der Waals surface area contributed by atoms with Crippen molar-refractivity contribution in [1.29, 1.82) is 0 Å². The minimum Gasteiger partial charge on any atom is -0.493 e. The fourth-order valence-electron chi connectivity index (χ4n) is 1.54. The molecule has 100 valence electrons. The molecule has 3 N–H and O–H groups in total. The van der Waals surface area contributed by atoms with Crippen LogP contribution in [0.5, 0.6) is 11.5 Å². The lowest BCUT2D eigenvalue weighted by atomic mass is 10.2. The summed E-state index contributed by atoms with van der Waals surface area (Å²) in [5.41, 5.74) is 6.08. The summed E-state index contributed by atoms with van der Waals surface area (Å²) in [6.07, 6.45) is 0.193. The van der Waals surface area contributed by atoms with E-state index in [1.807, 2.05) is 25.1 Å². The fraction of sp³-hybridized carbons (Fsp3) is 0.462. The average molecular weight is 252 g/mol. The second kappa shape index (κ2) is 7.55. The number of hydrogen-bond donors (Lipinski definition) is 2. The monoisotopic (exact) mass is 252 g/mol. The highest BCUT2D eigenvalue weighted by Crippen LogP contribution is 2.31. The quantitative estimate of drug-likeness (QED) is 0.725. The van der Waals surface area contributed by atoms with Crippen LogP contribution in [0.1, 0.15) is 18.9 Å². The van der Waals surface area contributed by atoms with Gasteiger partial charge in [0.05, 0.1) is 20.1 Å². The van der Waals surface area contributed by atoms with Crippen LogP contribution in [0.2, 0.25) is 0 Å². The predicted octanol–water partition coefficient (Wildman–Crippen LogP) is 1.06. The van der Waals surface area contributed by atoms with E-state index >= 15 is 0 Å². The van der Waals surface area contributed by atoms with Gasteiger partial charge in [-0.15, -0.1) is 0 Å². The van der Waals surface area contributed by atoms with Crippen LogP contribution in [0.15, 0.2) is 18.2 Å². The van der Waals surface area contributed by atoms with Crippen LogP contribution in [0.3, 0.4) is 0 Å². The second-order valence-corrected chi connectivity index (χ2v) is 3.79. The van der Waals surface area contributed by atoms with Gasteiger partial charge >= 0.3 is 0 Å². The van der Waals surface area contributed by atoms with Crippen molar-refractivity contribution < 1.29 is 14.3 Å². The number of methoxy groups -OCH3 is 1. The lowest BCUT2D eigenvalue weighted by Crippen LogP contribution is -2.16. The van der Waals surface area contributed by atoms with Gasteiger partial charge in [0.15, 0.2) is 11.5 Å². The van der Waals surface area contributed by atoms with E-state index < -0.39 is 0 Å². The summed E-state index contributed by atoms with van der Waals surface area (Å²) in [5.74, 6) is 0.954. The van der Waals surface area contributed by atoms with E-state index in [0.29, 0.717) is 18.0 Å². The molecule has 0 atom stereocenters. The van der Waals surface area contributed by atoms with Gasteiger partial charge < -0.3 is 20.5 Å². The molecule has 5 nitrogen and oxygen atoms in total. The molecule has 0 spiro atoms. The average Bonchev–Trinajstić information content (AvgIpc) is 2.36. The van der Waals surface area contributed by atoms with Gasteiger partial charge in [0.25, 0.3) is 0 Å². The number of benzene rings is 1. The Morgan fingerprint density at radius 1 is 1.44 bits per heavy atom. The molecule has 0 aliphatic carbocycles. The number of carbonyl (C=O) groups excluding carboxylic acids is 1. The number of rotatable bonds is 8.